The molecule has 1 heterocycles. The maximum Gasteiger partial charge on any atom is 0.137 e. The average Bonchev–Trinajstić information content (AvgIpc) is 2.70. The van der Waals surface area contributed by atoms with Crippen LogP contribution in [-0.2, 0) is 5.60 Å². The molecule has 0 bridgehead atoms. The van der Waals surface area contributed by atoms with Crippen LogP contribution in [0, 0.1) is 0 Å². The Kier molecular flexibility index (Phi) is 3.21. The van der Waals surface area contributed by atoms with Gasteiger partial charge in [-0.15, -0.1) is 0 Å². The van der Waals surface area contributed by atoms with Crippen molar-refractivity contribution < 1.29 is 9.52 Å². The Labute approximate surface area is 108 Å². The summed E-state index contributed by atoms with van der Waals surface area (Å²) in [4.78, 5) is 0. The second kappa shape index (κ2) is 4.41. The third-order valence-electron chi connectivity index (χ3n) is 2.92. The van der Waals surface area contributed by atoms with Crippen LogP contribution in [-0.4, -0.2) is 17.2 Å². The second-order valence-corrected chi connectivity index (χ2v) is 6.03. The van der Waals surface area contributed by atoms with Crippen molar-refractivity contribution in [1.82, 2.24) is 5.32 Å². The predicted molar refractivity (Wildman–Crippen MR) is 73.5 cm³/mol. The van der Waals surface area contributed by atoms with Crippen LogP contribution in [0.2, 0.25) is 0 Å². The van der Waals surface area contributed by atoms with Gasteiger partial charge in [-0.1, -0.05) is 18.2 Å². The van der Waals surface area contributed by atoms with Crippen molar-refractivity contribution >= 4 is 11.0 Å². The lowest BCUT2D eigenvalue weighted by Crippen LogP contribution is -2.44. The fraction of sp³-hybridized carbons (Fsp3) is 0.467. The number of para-hydroxylation sites is 1. The number of fused-ring (bicyclic) bond motifs is 1. The van der Waals surface area contributed by atoms with Crippen molar-refractivity contribution in [2.45, 2.75) is 38.8 Å². The van der Waals surface area contributed by atoms with Crippen LogP contribution in [0.5, 0.6) is 0 Å². The van der Waals surface area contributed by atoms with Gasteiger partial charge in [0.15, 0.2) is 0 Å². The summed E-state index contributed by atoms with van der Waals surface area (Å²) in [5.41, 5.74) is -0.231. The number of furan rings is 1. The van der Waals surface area contributed by atoms with Gasteiger partial charge < -0.3 is 14.8 Å². The van der Waals surface area contributed by atoms with Crippen molar-refractivity contribution in [1.29, 1.82) is 0 Å². The summed E-state index contributed by atoms with van der Waals surface area (Å²) in [5, 5.41) is 14.8. The van der Waals surface area contributed by atoms with Crippen LogP contribution in [0.4, 0.5) is 0 Å². The molecule has 2 aromatic rings. The monoisotopic (exact) mass is 247 g/mol. The highest BCUT2D eigenvalue weighted by atomic mass is 16.4. The molecule has 18 heavy (non-hydrogen) atoms. The molecule has 3 heteroatoms. The zero-order valence-corrected chi connectivity index (χ0v) is 11.4. The van der Waals surface area contributed by atoms with E-state index in [2.05, 4.69) is 26.1 Å². The number of rotatable bonds is 3. The minimum Gasteiger partial charge on any atom is -0.458 e. The average molecular weight is 247 g/mol. The highest BCUT2D eigenvalue weighted by molar-refractivity contribution is 5.77. The first-order chi connectivity index (χ1) is 8.28. The van der Waals surface area contributed by atoms with Gasteiger partial charge in [0.25, 0.3) is 0 Å². The van der Waals surface area contributed by atoms with E-state index < -0.39 is 5.60 Å². The molecule has 0 radical (unpaired) electrons. The maximum absolute atomic E-state index is 10.5. The van der Waals surface area contributed by atoms with Gasteiger partial charge in [0, 0.05) is 17.5 Å². The fourth-order valence-corrected chi connectivity index (χ4v) is 1.77. The van der Waals surface area contributed by atoms with E-state index in [0.717, 1.165) is 11.0 Å². The summed E-state index contributed by atoms with van der Waals surface area (Å²) in [7, 11) is 0. The van der Waals surface area contributed by atoms with Crippen molar-refractivity contribution in [3.05, 3.63) is 36.1 Å². The number of hydrogen-bond donors (Lipinski definition) is 2. The molecule has 0 aliphatic carbocycles. The third-order valence-corrected chi connectivity index (χ3v) is 2.92. The normalized spacial score (nSPS) is 15.8. The Balaban J connectivity index is 2.23. The third kappa shape index (κ3) is 2.92. The number of hydrogen-bond acceptors (Lipinski definition) is 3. The minimum atomic E-state index is -1.01. The molecule has 2 N–H and O–H groups in total. The number of nitrogens with one attached hydrogen (secondary N) is 1. The van der Waals surface area contributed by atoms with E-state index in [1.54, 1.807) is 6.92 Å². The number of aliphatic hydroxyl groups is 1. The quantitative estimate of drug-likeness (QED) is 0.876. The molecule has 0 spiro atoms. The summed E-state index contributed by atoms with van der Waals surface area (Å²) in [6.45, 7) is 8.44. The smallest absolute Gasteiger partial charge is 0.137 e. The molecule has 0 saturated carbocycles. The van der Waals surface area contributed by atoms with Crippen molar-refractivity contribution in [2.75, 3.05) is 6.54 Å². The lowest BCUT2D eigenvalue weighted by molar-refractivity contribution is 0.0299. The Bertz CT molecular complexity index is 502. The second-order valence-electron chi connectivity index (χ2n) is 6.03. The van der Waals surface area contributed by atoms with E-state index >= 15 is 0 Å². The van der Waals surface area contributed by atoms with Gasteiger partial charge in [-0.3, -0.25) is 0 Å². The molecule has 0 aliphatic heterocycles. The van der Waals surface area contributed by atoms with E-state index in [1.807, 2.05) is 30.3 Å². The number of benzene rings is 1. The lowest BCUT2D eigenvalue weighted by Gasteiger charge is -2.27. The SMILES string of the molecule is CC(C)(C)NCC(C)(O)c1cc2ccccc2o1. The van der Waals surface area contributed by atoms with Crippen molar-refractivity contribution in [2.24, 2.45) is 0 Å². The van der Waals surface area contributed by atoms with Gasteiger partial charge in [-0.2, -0.15) is 0 Å². The Morgan fingerprint density at radius 1 is 1.17 bits per heavy atom. The van der Waals surface area contributed by atoms with E-state index in [0.29, 0.717) is 12.3 Å². The van der Waals surface area contributed by atoms with Crippen LogP contribution in [0.25, 0.3) is 11.0 Å². The van der Waals surface area contributed by atoms with Crippen LogP contribution < -0.4 is 5.32 Å². The van der Waals surface area contributed by atoms with E-state index in [-0.39, 0.29) is 5.54 Å². The van der Waals surface area contributed by atoms with Crippen LogP contribution in [0.15, 0.2) is 34.7 Å². The summed E-state index contributed by atoms with van der Waals surface area (Å²) < 4.78 is 5.71. The predicted octanol–water partition coefficient (Wildman–Crippen LogP) is 3.03. The van der Waals surface area contributed by atoms with Crippen molar-refractivity contribution in [3.8, 4) is 0 Å². The van der Waals surface area contributed by atoms with Gasteiger partial charge in [0.05, 0.1) is 0 Å². The molecule has 1 aromatic carbocycles. The van der Waals surface area contributed by atoms with Crippen LogP contribution >= 0.6 is 0 Å². The first-order valence-corrected chi connectivity index (χ1v) is 6.24. The molecule has 0 fully saturated rings. The largest absolute Gasteiger partial charge is 0.458 e. The highest BCUT2D eigenvalue weighted by Crippen LogP contribution is 2.27. The van der Waals surface area contributed by atoms with Gasteiger partial charge >= 0.3 is 0 Å². The topological polar surface area (TPSA) is 45.4 Å². The van der Waals surface area contributed by atoms with E-state index in [4.69, 9.17) is 4.42 Å². The van der Waals surface area contributed by atoms with Gasteiger partial charge in [-0.05, 0) is 39.8 Å². The zero-order chi connectivity index (χ0) is 13.4. The summed E-state index contributed by atoms with van der Waals surface area (Å²) in [5.74, 6) is 0.598. The Hall–Kier alpha value is -1.32. The lowest BCUT2D eigenvalue weighted by atomic mass is 10.0. The Morgan fingerprint density at radius 3 is 2.44 bits per heavy atom. The van der Waals surface area contributed by atoms with Crippen LogP contribution in [0.3, 0.4) is 0 Å². The molecule has 3 nitrogen and oxygen atoms in total. The molecule has 0 saturated heterocycles. The maximum atomic E-state index is 10.5. The first kappa shape index (κ1) is 13.1. The molecular formula is C15H21NO2. The zero-order valence-electron chi connectivity index (χ0n) is 11.4. The van der Waals surface area contributed by atoms with Gasteiger partial charge in [-0.25, -0.2) is 0 Å². The standard InChI is InChI=1S/C15H21NO2/c1-14(2,3)16-10-15(4,17)13-9-11-7-5-6-8-12(11)18-13/h5-9,16-17H,10H2,1-4H3. The van der Waals surface area contributed by atoms with Crippen molar-refractivity contribution in [3.63, 3.8) is 0 Å². The molecule has 0 aliphatic rings. The Morgan fingerprint density at radius 2 is 1.83 bits per heavy atom. The summed E-state index contributed by atoms with van der Waals surface area (Å²) >= 11 is 0. The van der Waals surface area contributed by atoms with Gasteiger partial charge in [0.2, 0.25) is 0 Å². The molecule has 0 amide bonds. The highest BCUT2D eigenvalue weighted by Gasteiger charge is 2.28. The molecule has 1 aromatic heterocycles. The molecule has 98 valence electrons. The molecule has 2 rings (SSSR count). The minimum absolute atomic E-state index is 0.0317. The number of β-amino-alcohol motifs (C(OH)–C–C–N with tert-alkyl or cyclic N) is 1. The summed E-state index contributed by atoms with van der Waals surface area (Å²) in [6, 6.07) is 9.68. The molecule has 1 unspecified atom stereocenters. The molecule has 1 atom stereocenters. The fourth-order valence-electron chi connectivity index (χ4n) is 1.77. The van der Waals surface area contributed by atoms with Gasteiger partial charge in [0.1, 0.15) is 16.9 Å². The first-order valence-electron chi connectivity index (χ1n) is 6.24. The van der Waals surface area contributed by atoms with E-state index in [1.165, 1.54) is 0 Å². The summed E-state index contributed by atoms with van der Waals surface area (Å²) in [6.07, 6.45) is 0. The van der Waals surface area contributed by atoms with Crippen LogP contribution in [0.1, 0.15) is 33.5 Å². The molecular weight excluding hydrogens is 226 g/mol. The van der Waals surface area contributed by atoms with E-state index in [9.17, 15) is 5.11 Å².